The first-order chi connectivity index (χ1) is 18.0. The zero-order valence-corrected chi connectivity index (χ0v) is 21.0. The lowest BCUT2D eigenvalue weighted by Gasteiger charge is -2.31. The zero-order chi connectivity index (χ0) is 25.9. The topological polar surface area (TPSA) is 81.1 Å². The molecule has 4 aromatic rings. The summed E-state index contributed by atoms with van der Waals surface area (Å²) in [6.45, 7) is 1.76. The van der Waals surface area contributed by atoms with E-state index >= 15 is 0 Å². The number of pyridine rings is 1. The van der Waals surface area contributed by atoms with Gasteiger partial charge in [-0.05, 0) is 41.0 Å². The van der Waals surface area contributed by atoms with Crippen LogP contribution in [0.25, 0.3) is 22.6 Å². The highest BCUT2D eigenvalue weighted by molar-refractivity contribution is 6.06. The maximum absolute atomic E-state index is 12.5. The van der Waals surface area contributed by atoms with Gasteiger partial charge in [-0.1, -0.05) is 48.5 Å². The van der Waals surface area contributed by atoms with Gasteiger partial charge in [-0.3, -0.25) is 4.90 Å². The number of carboxylic acids is 1. The molecule has 0 spiro atoms. The minimum absolute atomic E-state index is 0.300. The number of benzene rings is 3. The van der Waals surface area contributed by atoms with Gasteiger partial charge in [0, 0.05) is 30.6 Å². The van der Waals surface area contributed by atoms with E-state index in [1.54, 1.807) is 21.3 Å². The second-order valence-corrected chi connectivity index (χ2v) is 8.90. The molecule has 0 saturated heterocycles. The molecule has 0 bridgehead atoms. The minimum atomic E-state index is -0.955. The van der Waals surface area contributed by atoms with E-state index in [4.69, 9.17) is 19.2 Å². The number of rotatable bonds is 7. The van der Waals surface area contributed by atoms with Gasteiger partial charge in [0.1, 0.15) is 0 Å². The fourth-order valence-electron chi connectivity index (χ4n) is 4.96. The number of para-hydroxylation sites is 1. The third-order valence-electron chi connectivity index (χ3n) is 6.56. The molecule has 188 valence electrons. The van der Waals surface area contributed by atoms with E-state index in [1.165, 1.54) is 0 Å². The minimum Gasteiger partial charge on any atom is -0.493 e. The number of carbonyl (C=O) groups is 1. The molecule has 1 aliphatic rings. The van der Waals surface area contributed by atoms with Gasteiger partial charge in [-0.25, -0.2) is 9.78 Å². The second kappa shape index (κ2) is 10.3. The number of methoxy groups -OCH3 is 3. The van der Waals surface area contributed by atoms with Crippen LogP contribution in [0.15, 0.2) is 66.7 Å². The van der Waals surface area contributed by atoms with Crippen molar-refractivity contribution in [2.75, 3.05) is 27.9 Å². The Labute approximate surface area is 215 Å². The molecule has 0 aliphatic carbocycles. The highest BCUT2D eigenvalue weighted by Gasteiger charge is 2.29. The number of aromatic nitrogens is 1. The van der Waals surface area contributed by atoms with Gasteiger partial charge in [0.05, 0.1) is 38.1 Å². The first-order valence-electron chi connectivity index (χ1n) is 11.9. The summed E-state index contributed by atoms with van der Waals surface area (Å²) in [7, 11) is 4.73. The summed E-state index contributed by atoms with van der Waals surface area (Å²) in [5, 5.41) is 10.9. The van der Waals surface area contributed by atoms with E-state index < -0.39 is 5.97 Å². The van der Waals surface area contributed by atoms with Gasteiger partial charge in [-0.2, -0.15) is 0 Å². The average molecular weight is 497 g/mol. The summed E-state index contributed by atoms with van der Waals surface area (Å²) in [6.07, 6.45) is 2.02. The normalized spacial score (nSPS) is 14.4. The highest BCUT2D eigenvalue weighted by Crippen LogP contribution is 2.40. The van der Waals surface area contributed by atoms with Crippen LogP contribution in [0, 0.1) is 0 Å². The number of nitrogens with zero attached hydrogens (tertiary/aromatic N) is 2. The molecule has 5 rings (SSSR count). The van der Waals surface area contributed by atoms with E-state index in [0.29, 0.717) is 64.6 Å². The molecule has 0 saturated carbocycles. The summed E-state index contributed by atoms with van der Waals surface area (Å²) >= 11 is 0. The Morgan fingerprint density at radius 1 is 0.946 bits per heavy atom. The van der Waals surface area contributed by atoms with Gasteiger partial charge in [-0.15, -0.1) is 0 Å². The molecule has 1 N–H and O–H groups in total. The molecule has 0 amide bonds. The lowest BCUT2D eigenvalue weighted by molar-refractivity contribution is 0.0696. The van der Waals surface area contributed by atoms with E-state index in [1.807, 2.05) is 60.7 Å². The van der Waals surface area contributed by atoms with Gasteiger partial charge in [0.15, 0.2) is 11.5 Å². The van der Waals surface area contributed by atoms with E-state index in [2.05, 4.69) is 17.0 Å². The Kier molecular flexibility index (Phi) is 6.79. The number of hydrogen-bond donors (Lipinski definition) is 1. The number of ether oxygens (including phenoxy) is 3. The standard InChI is InChI=1S/C30H28N2O5/c1-35-25-14-20(15-26(36-2)29(25)37-3)13-21-17-32(16-19-9-5-4-6-10-19)18-23-27(30(33)34)22-11-7-8-12-24(22)31-28(21)23/h4-15H,16-18H2,1-3H3,(H,33,34)/b21-13+. The second-order valence-electron chi connectivity index (χ2n) is 8.90. The molecule has 3 aromatic carbocycles. The maximum Gasteiger partial charge on any atom is 0.336 e. The van der Waals surface area contributed by atoms with Crippen molar-refractivity contribution in [3.8, 4) is 17.2 Å². The number of fused-ring (bicyclic) bond motifs is 2. The smallest absolute Gasteiger partial charge is 0.336 e. The molecule has 37 heavy (non-hydrogen) atoms. The predicted molar refractivity (Wildman–Crippen MR) is 143 cm³/mol. The van der Waals surface area contributed by atoms with E-state index in [-0.39, 0.29) is 0 Å². The third kappa shape index (κ3) is 4.73. The van der Waals surface area contributed by atoms with Gasteiger partial charge < -0.3 is 19.3 Å². The van der Waals surface area contributed by atoms with Gasteiger partial charge in [0.2, 0.25) is 5.75 Å². The van der Waals surface area contributed by atoms with Crippen LogP contribution in [-0.4, -0.2) is 48.8 Å². The molecule has 2 heterocycles. The monoisotopic (exact) mass is 496 g/mol. The van der Waals surface area contributed by atoms with Crippen molar-refractivity contribution >= 4 is 28.5 Å². The molecular weight excluding hydrogens is 468 g/mol. The van der Waals surface area contributed by atoms with Crippen molar-refractivity contribution < 1.29 is 24.1 Å². The Morgan fingerprint density at radius 3 is 2.27 bits per heavy atom. The lowest BCUT2D eigenvalue weighted by Crippen LogP contribution is -2.31. The molecule has 1 aliphatic heterocycles. The fourth-order valence-corrected chi connectivity index (χ4v) is 4.96. The average Bonchev–Trinajstić information content (AvgIpc) is 2.91. The molecule has 7 heteroatoms. The Bertz CT molecular complexity index is 1470. The lowest BCUT2D eigenvalue weighted by atomic mass is 9.91. The summed E-state index contributed by atoms with van der Waals surface area (Å²) in [6, 6.07) is 21.3. The molecule has 1 aromatic heterocycles. The summed E-state index contributed by atoms with van der Waals surface area (Å²) < 4.78 is 16.6. The van der Waals surface area contributed by atoms with Crippen molar-refractivity contribution in [3.05, 3.63) is 94.7 Å². The number of aromatic carboxylic acids is 1. The van der Waals surface area contributed by atoms with Gasteiger partial charge in [0.25, 0.3) is 0 Å². The van der Waals surface area contributed by atoms with Gasteiger partial charge >= 0.3 is 5.97 Å². The first-order valence-corrected chi connectivity index (χ1v) is 11.9. The number of carboxylic acid groups (broad SMARTS) is 1. The van der Waals surface area contributed by atoms with Crippen molar-refractivity contribution in [1.82, 2.24) is 9.88 Å². The van der Waals surface area contributed by atoms with Crippen LogP contribution in [0.1, 0.15) is 32.7 Å². The van der Waals surface area contributed by atoms with Crippen LogP contribution in [0.4, 0.5) is 0 Å². The first kappa shape index (κ1) is 24.3. The van der Waals surface area contributed by atoms with Crippen LogP contribution >= 0.6 is 0 Å². The van der Waals surface area contributed by atoms with Crippen molar-refractivity contribution in [2.45, 2.75) is 13.1 Å². The molecule has 0 unspecified atom stereocenters. The van der Waals surface area contributed by atoms with E-state index in [9.17, 15) is 9.90 Å². The van der Waals surface area contributed by atoms with Crippen LogP contribution in [0.5, 0.6) is 17.2 Å². The van der Waals surface area contributed by atoms with Crippen molar-refractivity contribution in [1.29, 1.82) is 0 Å². The van der Waals surface area contributed by atoms with Crippen LogP contribution in [0.3, 0.4) is 0 Å². The molecule has 0 atom stereocenters. The predicted octanol–water partition coefficient (Wildman–Crippen LogP) is 5.52. The largest absolute Gasteiger partial charge is 0.493 e. The summed E-state index contributed by atoms with van der Waals surface area (Å²) in [4.78, 5) is 19.7. The van der Waals surface area contributed by atoms with Crippen LogP contribution in [0.2, 0.25) is 0 Å². The highest BCUT2D eigenvalue weighted by atomic mass is 16.5. The molecule has 7 nitrogen and oxygen atoms in total. The molecular formula is C30H28N2O5. The summed E-state index contributed by atoms with van der Waals surface area (Å²) in [5.41, 5.74) is 5.29. The van der Waals surface area contributed by atoms with E-state index in [0.717, 1.165) is 16.7 Å². The molecule has 0 fully saturated rings. The maximum atomic E-state index is 12.5. The summed E-state index contributed by atoms with van der Waals surface area (Å²) in [5.74, 6) is 0.648. The molecule has 0 radical (unpaired) electrons. The fraction of sp³-hybridized carbons (Fsp3) is 0.200. The Morgan fingerprint density at radius 2 is 1.62 bits per heavy atom. The Balaban J connectivity index is 1.70. The number of hydrogen-bond acceptors (Lipinski definition) is 6. The Hall–Kier alpha value is -4.36. The zero-order valence-electron chi connectivity index (χ0n) is 21.0. The third-order valence-corrected chi connectivity index (χ3v) is 6.56. The SMILES string of the molecule is COc1cc(/C=C2\CN(Cc3ccccc3)Cc3c2nc2ccccc2c3C(=O)O)cc(OC)c1OC. The van der Waals surface area contributed by atoms with Crippen LogP contribution < -0.4 is 14.2 Å². The van der Waals surface area contributed by atoms with Crippen molar-refractivity contribution in [3.63, 3.8) is 0 Å². The van der Waals surface area contributed by atoms with Crippen molar-refractivity contribution in [2.24, 2.45) is 0 Å². The van der Waals surface area contributed by atoms with Crippen LogP contribution in [-0.2, 0) is 13.1 Å². The quantitative estimate of drug-likeness (QED) is 0.361.